The number of benzene rings is 2. The molecule has 0 fully saturated rings. The normalized spacial score (nSPS) is 10.8. The predicted octanol–water partition coefficient (Wildman–Crippen LogP) is 3.36. The van der Waals surface area contributed by atoms with Crippen LogP contribution in [0.1, 0.15) is 35.3 Å². The fourth-order valence-electron chi connectivity index (χ4n) is 2.20. The average molecular weight is 353 g/mol. The topological polar surface area (TPSA) is 79.8 Å². The lowest BCUT2D eigenvalue weighted by atomic mass is 10.1. The number of amides is 2. The van der Waals surface area contributed by atoms with Crippen LogP contribution < -0.4 is 15.5 Å². The van der Waals surface area contributed by atoms with Crippen LogP contribution in [0.15, 0.2) is 47.6 Å². The van der Waals surface area contributed by atoms with Crippen molar-refractivity contribution in [3.05, 3.63) is 59.2 Å². The van der Waals surface area contributed by atoms with Crippen LogP contribution in [0.2, 0.25) is 0 Å². The fraction of sp³-hybridized carbons (Fsp3) is 0.250. The van der Waals surface area contributed by atoms with E-state index in [0.29, 0.717) is 11.3 Å². The van der Waals surface area contributed by atoms with Gasteiger partial charge < -0.3 is 10.1 Å². The van der Waals surface area contributed by atoms with Crippen molar-refractivity contribution in [2.75, 3.05) is 12.4 Å². The minimum Gasteiger partial charge on any atom is -0.496 e. The lowest BCUT2D eigenvalue weighted by Crippen LogP contribution is -2.19. The molecule has 0 aliphatic carbocycles. The Morgan fingerprint density at radius 1 is 1.12 bits per heavy atom. The average Bonchev–Trinajstić information content (AvgIpc) is 2.62. The van der Waals surface area contributed by atoms with Crippen molar-refractivity contribution in [3.8, 4) is 5.75 Å². The Morgan fingerprint density at radius 2 is 1.81 bits per heavy atom. The molecule has 0 heterocycles. The third-order valence-corrected chi connectivity index (χ3v) is 3.74. The van der Waals surface area contributed by atoms with Crippen LogP contribution in [-0.2, 0) is 4.79 Å². The van der Waals surface area contributed by atoms with E-state index >= 15 is 0 Å². The van der Waals surface area contributed by atoms with Gasteiger partial charge >= 0.3 is 0 Å². The molecule has 0 unspecified atom stereocenters. The van der Waals surface area contributed by atoms with E-state index in [2.05, 4.69) is 15.8 Å². The summed E-state index contributed by atoms with van der Waals surface area (Å²) in [4.78, 5) is 23.8. The first kappa shape index (κ1) is 19.2. The lowest BCUT2D eigenvalue weighted by molar-refractivity contribution is -0.118. The summed E-state index contributed by atoms with van der Waals surface area (Å²) in [5.74, 6) is 0.305. The number of hydrazone groups is 1. The fourth-order valence-corrected chi connectivity index (χ4v) is 2.20. The molecule has 0 spiro atoms. The number of carbonyl (C=O) groups excluding carboxylic acids is 2. The van der Waals surface area contributed by atoms with E-state index in [1.807, 2.05) is 39.0 Å². The highest BCUT2D eigenvalue weighted by Gasteiger charge is 2.08. The maximum Gasteiger partial charge on any atom is 0.271 e. The summed E-state index contributed by atoms with van der Waals surface area (Å²) in [7, 11) is 1.62. The number of carbonyl (C=O) groups is 2. The quantitative estimate of drug-likeness (QED) is 0.617. The highest BCUT2D eigenvalue weighted by Crippen LogP contribution is 2.17. The van der Waals surface area contributed by atoms with E-state index in [4.69, 9.17) is 4.74 Å². The monoisotopic (exact) mass is 353 g/mol. The van der Waals surface area contributed by atoms with Gasteiger partial charge in [-0.2, -0.15) is 5.10 Å². The third-order valence-electron chi connectivity index (χ3n) is 3.74. The molecular weight excluding hydrogens is 330 g/mol. The van der Waals surface area contributed by atoms with Crippen LogP contribution in [0, 0.1) is 12.8 Å². The SMILES string of the molecule is COc1ccc(/C=N/NC(=O)c2ccc(NC(=O)C(C)C)cc2)cc1C. The molecule has 2 rings (SSSR count). The van der Waals surface area contributed by atoms with Crippen molar-refractivity contribution in [3.63, 3.8) is 0 Å². The summed E-state index contributed by atoms with van der Waals surface area (Å²) in [5.41, 5.74) is 5.44. The summed E-state index contributed by atoms with van der Waals surface area (Å²) in [6.07, 6.45) is 1.57. The minimum absolute atomic E-state index is 0.0680. The zero-order chi connectivity index (χ0) is 19.1. The Labute approximate surface area is 153 Å². The van der Waals surface area contributed by atoms with Crippen LogP contribution in [-0.4, -0.2) is 25.1 Å². The molecule has 0 aliphatic heterocycles. The van der Waals surface area contributed by atoms with Crippen molar-refractivity contribution in [2.24, 2.45) is 11.0 Å². The molecule has 0 aromatic heterocycles. The van der Waals surface area contributed by atoms with E-state index in [-0.39, 0.29) is 17.7 Å². The minimum atomic E-state index is -0.326. The number of anilines is 1. The van der Waals surface area contributed by atoms with Crippen LogP contribution in [0.4, 0.5) is 5.69 Å². The van der Waals surface area contributed by atoms with Crippen LogP contribution in [0.3, 0.4) is 0 Å². The molecule has 0 saturated heterocycles. The first-order valence-corrected chi connectivity index (χ1v) is 8.29. The summed E-state index contributed by atoms with van der Waals surface area (Å²) < 4.78 is 5.21. The molecule has 26 heavy (non-hydrogen) atoms. The standard InChI is InChI=1S/C20H23N3O3/c1-13(2)19(24)22-17-8-6-16(7-9-17)20(25)23-21-12-15-5-10-18(26-4)14(3)11-15/h5-13H,1-4H3,(H,22,24)(H,23,25)/b21-12+. The summed E-state index contributed by atoms with van der Waals surface area (Å²) in [5, 5.41) is 6.75. The van der Waals surface area contributed by atoms with Gasteiger partial charge in [0.25, 0.3) is 5.91 Å². The number of nitrogens with zero attached hydrogens (tertiary/aromatic N) is 1. The van der Waals surface area contributed by atoms with Gasteiger partial charge in [0.05, 0.1) is 13.3 Å². The number of hydrogen-bond donors (Lipinski definition) is 2. The van der Waals surface area contributed by atoms with Crippen molar-refractivity contribution in [2.45, 2.75) is 20.8 Å². The highest BCUT2D eigenvalue weighted by molar-refractivity contribution is 5.96. The molecule has 0 radical (unpaired) electrons. The molecule has 2 aromatic carbocycles. The smallest absolute Gasteiger partial charge is 0.271 e. The van der Waals surface area contributed by atoms with Crippen LogP contribution >= 0.6 is 0 Å². The largest absolute Gasteiger partial charge is 0.496 e. The predicted molar refractivity (Wildman–Crippen MR) is 103 cm³/mol. The molecule has 6 heteroatoms. The van der Waals surface area contributed by atoms with Crippen molar-refractivity contribution < 1.29 is 14.3 Å². The molecule has 2 amide bonds. The number of hydrogen-bond acceptors (Lipinski definition) is 4. The molecule has 0 saturated carbocycles. The Kier molecular flexibility index (Phi) is 6.49. The zero-order valence-electron chi connectivity index (χ0n) is 15.4. The van der Waals surface area contributed by atoms with Crippen molar-refractivity contribution in [1.29, 1.82) is 0 Å². The van der Waals surface area contributed by atoms with E-state index in [1.165, 1.54) is 0 Å². The molecule has 6 nitrogen and oxygen atoms in total. The molecule has 0 bridgehead atoms. The van der Waals surface area contributed by atoms with Gasteiger partial charge in [-0.3, -0.25) is 9.59 Å². The Balaban J connectivity index is 1.95. The second kappa shape index (κ2) is 8.80. The van der Waals surface area contributed by atoms with E-state index < -0.39 is 0 Å². The number of rotatable bonds is 6. The van der Waals surface area contributed by atoms with Gasteiger partial charge in [-0.25, -0.2) is 5.43 Å². The van der Waals surface area contributed by atoms with E-state index in [9.17, 15) is 9.59 Å². The van der Waals surface area contributed by atoms with Crippen molar-refractivity contribution in [1.82, 2.24) is 5.43 Å². The maximum absolute atomic E-state index is 12.1. The highest BCUT2D eigenvalue weighted by atomic mass is 16.5. The number of methoxy groups -OCH3 is 1. The number of aryl methyl sites for hydroxylation is 1. The van der Waals surface area contributed by atoms with Gasteiger partial charge in [0, 0.05) is 17.2 Å². The van der Waals surface area contributed by atoms with Crippen LogP contribution in [0.5, 0.6) is 5.75 Å². The number of nitrogens with one attached hydrogen (secondary N) is 2. The van der Waals surface area contributed by atoms with Gasteiger partial charge in [0.15, 0.2) is 0 Å². The second-order valence-electron chi connectivity index (χ2n) is 6.15. The Hall–Kier alpha value is -3.15. The first-order chi connectivity index (χ1) is 12.4. The maximum atomic E-state index is 12.1. The van der Waals surface area contributed by atoms with Gasteiger partial charge in [0.2, 0.25) is 5.91 Å². The summed E-state index contributed by atoms with van der Waals surface area (Å²) in [6, 6.07) is 12.3. The van der Waals surface area contributed by atoms with Gasteiger partial charge in [-0.15, -0.1) is 0 Å². The van der Waals surface area contributed by atoms with Gasteiger partial charge in [-0.1, -0.05) is 13.8 Å². The van der Waals surface area contributed by atoms with Crippen molar-refractivity contribution >= 4 is 23.7 Å². The van der Waals surface area contributed by atoms with Gasteiger partial charge in [0.1, 0.15) is 5.75 Å². The lowest BCUT2D eigenvalue weighted by Gasteiger charge is -2.08. The zero-order valence-corrected chi connectivity index (χ0v) is 15.4. The van der Waals surface area contributed by atoms with E-state index in [0.717, 1.165) is 16.9 Å². The molecular formula is C20H23N3O3. The Bertz CT molecular complexity index is 812. The molecule has 136 valence electrons. The number of ether oxygens (including phenoxy) is 1. The molecule has 2 N–H and O–H groups in total. The first-order valence-electron chi connectivity index (χ1n) is 8.29. The summed E-state index contributed by atoms with van der Waals surface area (Å²) in [6.45, 7) is 5.58. The van der Waals surface area contributed by atoms with Crippen LogP contribution in [0.25, 0.3) is 0 Å². The molecule has 0 atom stereocenters. The Morgan fingerprint density at radius 3 is 2.38 bits per heavy atom. The van der Waals surface area contributed by atoms with Gasteiger partial charge in [-0.05, 0) is 60.5 Å². The van der Waals surface area contributed by atoms with E-state index in [1.54, 1.807) is 37.6 Å². The third kappa shape index (κ3) is 5.17. The molecule has 0 aliphatic rings. The second-order valence-corrected chi connectivity index (χ2v) is 6.15. The summed E-state index contributed by atoms with van der Waals surface area (Å²) >= 11 is 0. The molecule has 2 aromatic rings.